The molecule has 1 N–H and O–H groups in total. The van der Waals surface area contributed by atoms with E-state index in [1.165, 1.54) is 11.1 Å². The average Bonchev–Trinajstić information content (AvgIpc) is 2.83. The molecule has 0 saturated carbocycles. The van der Waals surface area contributed by atoms with Crippen LogP contribution in [0.2, 0.25) is 0 Å². The summed E-state index contributed by atoms with van der Waals surface area (Å²) < 4.78 is 0. The Balaban J connectivity index is 2.08. The van der Waals surface area contributed by atoms with Gasteiger partial charge in [-0.3, -0.25) is 4.79 Å². The summed E-state index contributed by atoms with van der Waals surface area (Å²) in [5.74, 6) is 0.809. The summed E-state index contributed by atoms with van der Waals surface area (Å²) >= 11 is 0. The molecule has 1 fully saturated rings. The fraction of sp³-hybridized carbons (Fsp3) is 0.562. The van der Waals surface area contributed by atoms with Crippen LogP contribution >= 0.6 is 0 Å². The van der Waals surface area contributed by atoms with Crippen molar-refractivity contribution in [2.24, 2.45) is 11.8 Å². The molecule has 0 bridgehead atoms. The van der Waals surface area contributed by atoms with Crippen molar-refractivity contribution < 1.29 is 4.79 Å². The second-order valence-electron chi connectivity index (χ2n) is 5.78. The molecule has 3 nitrogen and oxygen atoms in total. The third-order valence-corrected chi connectivity index (χ3v) is 4.32. The average molecular weight is 260 g/mol. The normalized spacial score (nSPS) is 24.2. The summed E-state index contributed by atoms with van der Waals surface area (Å²) in [6.07, 6.45) is 0. The van der Waals surface area contributed by atoms with Crippen LogP contribution in [0.25, 0.3) is 0 Å². The molecule has 0 aromatic heterocycles. The Morgan fingerprint density at radius 3 is 2.47 bits per heavy atom. The van der Waals surface area contributed by atoms with Crippen LogP contribution in [0.1, 0.15) is 31.0 Å². The van der Waals surface area contributed by atoms with Crippen LogP contribution in [0, 0.1) is 18.8 Å². The molecule has 0 aliphatic carbocycles. The van der Waals surface area contributed by atoms with E-state index in [0.717, 1.165) is 13.1 Å². The number of carbonyl (C=O) groups is 1. The van der Waals surface area contributed by atoms with E-state index in [2.05, 4.69) is 50.4 Å². The molecule has 104 valence electrons. The molecule has 2 rings (SSSR count). The van der Waals surface area contributed by atoms with Crippen molar-refractivity contribution in [1.82, 2.24) is 10.2 Å². The topological polar surface area (TPSA) is 32.3 Å². The maximum atomic E-state index is 12.5. The van der Waals surface area contributed by atoms with Crippen LogP contribution in [0.5, 0.6) is 0 Å². The third kappa shape index (κ3) is 2.98. The lowest BCUT2D eigenvalue weighted by atomic mass is 9.95. The van der Waals surface area contributed by atoms with Gasteiger partial charge >= 0.3 is 0 Å². The quantitative estimate of drug-likeness (QED) is 0.905. The second-order valence-corrected chi connectivity index (χ2v) is 5.78. The van der Waals surface area contributed by atoms with Crippen molar-refractivity contribution in [3.05, 3.63) is 35.4 Å². The van der Waals surface area contributed by atoms with Crippen molar-refractivity contribution in [3.63, 3.8) is 0 Å². The summed E-state index contributed by atoms with van der Waals surface area (Å²) in [6.45, 7) is 8.08. The Hall–Kier alpha value is -1.35. The Labute approximate surface area is 116 Å². The van der Waals surface area contributed by atoms with E-state index in [0.29, 0.717) is 5.92 Å². The van der Waals surface area contributed by atoms with E-state index in [9.17, 15) is 4.79 Å². The molecule has 1 saturated heterocycles. The van der Waals surface area contributed by atoms with Crippen LogP contribution in [0.3, 0.4) is 0 Å². The Bertz CT molecular complexity index is 441. The zero-order valence-electron chi connectivity index (χ0n) is 12.3. The molecule has 1 aliphatic rings. The first kappa shape index (κ1) is 14.1. The molecular formula is C16H24N2O. The van der Waals surface area contributed by atoms with Gasteiger partial charge in [0.15, 0.2) is 0 Å². The van der Waals surface area contributed by atoms with Gasteiger partial charge in [-0.05, 0) is 31.9 Å². The van der Waals surface area contributed by atoms with Gasteiger partial charge in [-0.2, -0.15) is 0 Å². The number of carbonyl (C=O) groups excluding carboxylic acids is 1. The van der Waals surface area contributed by atoms with E-state index >= 15 is 0 Å². The minimum atomic E-state index is 0.123. The summed E-state index contributed by atoms with van der Waals surface area (Å²) in [7, 11) is 1.91. The van der Waals surface area contributed by atoms with Gasteiger partial charge in [-0.15, -0.1) is 0 Å². The predicted molar refractivity (Wildman–Crippen MR) is 77.9 cm³/mol. The number of amides is 1. The lowest BCUT2D eigenvalue weighted by Gasteiger charge is -2.29. The number of benzene rings is 1. The van der Waals surface area contributed by atoms with Gasteiger partial charge in [0, 0.05) is 13.6 Å². The van der Waals surface area contributed by atoms with Crippen molar-refractivity contribution in [2.75, 3.05) is 20.1 Å². The molecule has 3 atom stereocenters. The molecule has 0 spiro atoms. The van der Waals surface area contributed by atoms with Crippen molar-refractivity contribution in [1.29, 1.82) is 0 Å². The molecule has 3 heteroatoms. The van der Waals surface area contributed by atoms with Crippen LogP contribution in [-0.2, 0) is 4.79 Å². The van der Waals surface area contributed by atoms with Gasteiger partial charge in [0.1, 0.15) is 0 Å². The van der Waals surface area contributed by atoms with E-state index in [1.807, 2.05) is 11.9 Å². The Morgan fingerprint density at radius 1 is 1.32 bits per heavy atom. The molecule has 1 unspecified atom stereocenters. The number of rotatable bonds is 3. The number of aryl methyl sites for hydroxylation is 1. The second kappa shape index (κ2) is 5.74. The van der Waals surface area contributed by atoms with E-state index < -0.39 is 0 Å². The lowest BCUT2D eigenvalue weighted by molar-refractivity contribution is -0.136. The molecule has 1 aliphatic heterocycles. The van der Waals surface area contributed by atoms with Gasteiger partial charge in [0.25, 0.3) is 0 Å². The van der Waals surface area contributed by atoms with E-state index in [4.69, 9.17) is 0 Å². The SMILES string of the molecule is Cc1ccc(C(C)N(C)C(=O)[C@@H]2CNC[C@H]2C)cc1. The highest BCUT2D eigenvalue weighted by Gasteiger charge is 2.33. The van der Waals surface area contributed by atoms with Gasteiger partial charge in [0.05, 0.1) is 12.0 Å². The fourth-order valence-electron chi connectivity index (χ4n) is 2.66. The zero-order chi connectivity index (χ0) is 14.0. The molecule has 19 heavy (non-hydrogen) atoms. The molecule has 1 amide bonds. The minimum Gasteiger partial charge on any atom is -0.339 e. The van der Waals surface area contributed by atoms with Crippen LogP contribution < -0.4 is 5.32 Å². The highest BCUT2D eigenvalue weighted by Crippen LogP contribution is 2.24. The van der Waals surface area contributed by atoms with Crippen LogP contribution in [0.4, 0.5) is 0 Å². The van der Waals surface area contributed by atoms with Gasteiger partial charge in [-0.25, -0.2) is 0 Å². The summed E-state index contributed by atoms with van der Waals surface area (Å²) in [5.41, 5.74) is 2.44. The summed E-state index contributed by atoms with van der Waals surface area (Å²) in [6, 6.07) is 8.55. The van der Waals surface area contributed by atoms with Crippen molar-refractivity contribution in [3.8, 4) is 0 Å². The summed E-state index contributed by atoms with van der Waals surface area (Å²) in [5, 5.41) is 3.30. The molecular weight excluding hydrogens is 236 g/mol. The zero-order valence-corrected chi connectivity index (χ0v) is 12.3. The van der Waals surface area contributed by atoms with E-state index in [1.54, 1.807) is 0 Å². The highest BCUT2D eigenvalue weighted by molar-refractivity contribution is 5.80. The fourth-order valence-corrected chi connectivity index (χ4v) is 2.66. The monoisotopic (exact) mass is 260 g/mol. The summed E-state index contributed by atoms with van der Waals surface area (Å²) in [4.78, 5) is 14.4. The highest BCUT2D eigenvalue weighted by atomic mass is 16.2. The Kier molecular flexibility index (Phi) is 4.25. The third-order valence-electron chi connectivity index (χ3n) is 4.32. The van der Waals surface area contributed by atoms with Crippen molar-refractivity contribution >= 4 is 5.91 Å². The predicted octanol–water partition coefficient (Wildman–Crippen LogP) is 2.37. The number of nitrogens with one attached hydrogen (secondary N) is 1. The number of hydrogen-bond acceptors (Lipinski definition) is 2. The van der Waals surface area contributed by atoms with Gasteiger partial charge in [0.2, 0.25) is 5.91 Å². The lowest BCUT2D eigenvalue weighted by Crippen LogP contribution is -2.37. The van der Waals surface area contributed by atoms with Gasteiger partial charge in [-0.1, -0.05) is 36.8 Å². The first-order chi connectivity index (χ1) is 9.00. The molecule has 1 aromatic rings. The van der Waals surface area contributed by atoms with Crippen molar-refractivity contribution in [2.45, 2.75) is 26.8 Å². The van der Waals surface area contributed by atoms with Crippen LogP contribution in [-0.4, -0.2) is 30.9 Å². The largest absolute Gasteiger partial charge is 0.339 e. The molecule has 0 radical (unpaired) electrons. The van der Waals surface area contributed by atoms with Gasteiger partial charge < -0.3 is 10.2 Å². The molecule has 1 aromatic carbocycles. The van der Waals surface area contributed by atoms with E-state index in [-0.39, 0.29) is 17.9 Å². The number of nitrogens with zero attached hydrogens (tertiary/aromatic N) is 1. The standard InChI is InChI=1S/C16H24N2O/c1-11-5-7-14(8-6-11)13(3)18(4)16(19)15-10-17-9-12(15)2/h5-8,12-13,15,17H,9-10H2,1-4H3/t12-,13?,15-/m1/s1. The maximum absolute atomic E-state index is 12.5. The maximum Gasteiger partial charge on any atom is 0.227 e. The Morgan fingerprint density at radius 2 is 1.95 bits per heavy atom. The smallest absolute Gasteiger partial charge is 0.227 e. The number of hydrogen-bond donors (Lipinski definition) is 1. The molecule has 1 heterocycles. The first-order valence-corrected chi connectivity index (χ1v) is 7.04. The van der Waals surface area contributed by atoms with Crippen LogP contribution in [0.15, 0.2) is 24.3 Å². The minimum absolute atomic E-state index is 0.123. The first-order valence-electron chi connectivity index (χ1n) is 7.04.